The Bertz CT molecular complexity index is 650. The van der Waals surface area contributed by atoms with Gasteiger partial charge in [0.1, 0.15) is 0 Å². The van der Waals surface area contributed by atoms with Crippen LogP contribution in [0, 0.1) is 11.3 Å². The molecule has 0 unspecified atom stereocenters. The number of fused-ring (bicyclic) bond motifs is 1. The van der Waals surface area contributed by atoms with Crippen LogP contribution in [0.3, 0.4) is 0 Å². The molecule has 1 saturated carbocycles. The fraction of sp³-hybridized carbons (Fsp3) is 0.625. The van der Waals surface area contributed by atoms with Crippen LogP contribution in [0.1, 0.15) is 25.0 Å². The lowest BCUT2D eigenvalue weighted by Crippen LogP contribution is -2.41. The average Bonchev–Trinajstić information content (AvgIpc) is 3.11. The van der Waals surface area contributed by atoms with E-state index in [2.05, 4.69) is 15.3 Å². The van der Waals surface area contributed by atoms with Crippen LogP contribution in [0.5, 0.6) is 0 Å². The maximum absolute atomic E-state index is 12.4. The maximum Gasteiger partial charge on any atom is 0.317 e. The van der Waals surface area contributed by atoms with Crippen molar-refractivity contribution in [2.75, 3.05) is 32.1 Å². The van der Waals surface area contributed by atoms with E-state index < -0.39 is 11.4 Å². The minimum absolute atomic E-state index is 0.0696. The molecule has 2 atom stereocenters. The molecule has 130 valence electrons. The summed E-state index contributed by atoms with van der Waals surface area (Å²) in [5.41, 5.74) is -0.0287. The molecule has 1 aromatic rings. The van der Waals surface area contributed by atoms with Gasteiger partial charge in [-0.15, -0.1) is 0 Å². The van der Waals surface area contributed by atoms with Gasteiger partial charge in [0.05, 0.1) is 17.7 Å². The number of aromatic nitrogens is 2. The molecule has 2 N–H and O–H groups in total. The van der Waals surface area contributed by atoms with Gasteiger partial charge in [0.2, 0.25) is 5.95 Å². The molecule has 2 aliphatic rings. The Kier molecular flexibility index (Phi) is 4.29. The molecule has 1 aliphatic heterocycles. The predicted molar refractivity (Wildman–Crippen MR) is 87.6 cm³/mol. The Balaban J connectivity index is 1.60. The lowest BCUT2D eigenvalue weighted by atomic mass is 9.81. The van der Waals surface area contributed by atoms with Crippen molar-refractivity contribution in [3.8, 4) is 0 Å². The monoisotopic (exact) mass is 333 g/mol. The van der Waals surface area contributed by atoms with Gasteiger partial charge in [-0.3, -0.25) is 4.79 Å². The van der Waals surface area contributed by atoms with Gasteiger partial charge in [-0.2, -0.15) is 0 Å². The molecule has 3 rings (SSSR count). The molecule has 8 heteroatoms. The highest BCUT2D eigenvalue weighted by atomic mass is 16.4. The lowest BCUT2D eigenvalue weighted by molar-refractivity contribution is -0.149. The molecule has 24 heavy (non-hydrogen) atoms. The van der Waals surface area contributed by atoms with Gasteiger partial charge in [0.15, 0.2) is 0 Å². The number of hydrogen-bond acceptors (Lipinski definition) is 5. The largest absolute Gasteiger partial charge is 0.481 e. The lowest BCUT2D eigenvalue weighted by Gasteiger charge is -2.23. The number of anilines is 1. The second kappa shape index (κ2) is 6.26. The van der Waals surface area contributed by atoms with Crippen molar-refractivity contribution in [1.82, 2.24) is 20.2 Å². The number of nitrogens with zero attached hydrogens (tertiary/aromatic N) is 4. The first-order valence-corrected chi connectivity index (χ1v) is 8.18. The molecule has 1 aliphatic carbocycles. The first-order valence-electron chi connectivity index (χ1n) is 8.18. The molecule has 2 heterocycles. The number of carbonyl (C=O) groups is 2. The number of hydrogen-bond donors (Lipinski definition) is 2. The van der Waals surface area contributed by atoms with Gasteiger partial charge in [0, 0.05) is 33.4 Å². The first-order chi connectivity index (χ1) is 11.4. The van der Waals surface area contributed by atoms with Crippen molar-refractivity contribution in [2.24, 2.45) is 11.3 Å². The van der Waals surface area contributed by atoms with E-state index in [1.165, 1.54) is 0 Å². The van der Waals surface area contributed by atoms with Crippen LogP contribution in [0.2, 0.25) is 0 Å². The van der Waals surface area contributed by atoms with Crippen LogP contribution in [-0.4, -0.2) is 59.2 Å². The summed E-state index contributed by atoms with van der Waals surface area (Å²) in [5.74, 6) is -0.117. The van der Waals surface area contributed by atoms with Crippen LogP contribution in [0.15, 0.2) is 12.3 Å². The predicted octanol–water partition coefficient (Wildman–Crippen LogP) is 0.939. The summed E-state index contributed by atoms with van der Waals surface area (Å²) in [6, 6.07) is 1.53. The number of carboxylic acid groups (broad SMARTS) is 1. The normalized spacial score (nSPS) is 25.4. The summed E-state index contributed by atoms with van der Waals surface area (Å²) in [7, 11) is 3.71. The van der Waals surface area contributed by atoms with Gasteiger partial charge < -0.3 is 20.2 Å². The first kappa shape index (κ1) is 16.5. The topological polar surface area (TPSA) is 98.7 Å². The number of likely N-dealkylation sites (tertiary alicyclic amines) is 1. The number of amides is 2. The Labute approximate surface area is 140 Å². The molecule has 8 nitrogen and oxygen atoms in total. The number of aliphatic carboxylic acids is 1. The summed E-state index contributed by atoms with van der Waals surface area (Å²) < 4.78 is 0. The van der Waals surface area contributed by atoms with Gasteiger partial charge in [-0.25, -0.2) is 14.8 Å². The zero-order valence-corrected chi connectivity index (χ0v) is 14.0. The highest BCUT2D eigenvalue weighted by Crippen LogP contribution is 2.48. The summed E-state index contributed by atoms with van der Waals surface area (Å²) in [6.07, 6.45) is 4.13. The van der Waals surface area contributed by atoms with Crippen LogP contribution < -0.4 is 10.2 Å². The summed E-state index contributed by atoms with van der Waals surface area (Å²) in [6.45, 7) is 1.11. The van der Waals surface area contributed by atoms with E-state index in [0.717, 1.165) is 18.5 Å². The summed E-state index contributed by atoms with van der Waals surface area (Å²) in [4.78, 5) is 36.0. The van der Waals surface area contributed by atoms with E-state index in [-0.39, 0.29) is 11.9 Å². The zero-order valence-electron chi connectivity index (χ0n) is 14.0. The van der Waals surface area contributed by atoms with Crippen molar-refractivity contribution in [1.29, 1.82) is 0 Å². The zero-order chi connectivity index (χ0) is 17.3. The van der Waals surface area contributed by atoms with E-state index in [1.54, 1.807) is 22.1 Å². The SMILES string of the molecule is CN(C)c1nccc(CNC(=O)N2C[C@@H]3CCC[C@@]3(C(=O)O)C2)n1. The number of nitrogens with one attached hydrogen (secondary N) is 1. The van der Waals surface area contributed by atoms with Gasteiger partial charge >= 0.3 is 12.0 Å². The molecule has 1 saturated heterocycles. The Morgan fingerprint density at radius 2 is 2.29 bits per heavy atom. The highest BCUT2D eigenvalue weighted by molar-refractivity contribution is 5.80. The fourth-order valence-electron chi connectivity index (χ4n) is 3.77. The van der Waals surface area contributed by atoms with Gasteiger partial charge in [0.25, 0.3) is 0 Å². The molecule has 2 fully saturated rings. The molecule has 0 radical (unpaired) electrons. The van der Waals surface area contributed by atoms with E-state index in [0.29, 0.717) is 32.0 Å². The smallest absolute Gasteiger partial charge is 0.317 e. The van der Waals surface area contributed by atoms with Crippen molar-refractivity contribution >= 4 is 17.9 Å². The minimum Gasteiger partial charge on any atom is -0.481 e. The number of rotatable bonds is 4. The Hall–Kier alpha value is -2.38. The van der Waals surface area contributed by atoms with E-state index in [4.69, 9.17) is 0 Å². The molecule has 1 aromatic heterocycles. The van der Waals surface area contributed by atoms with Crippen LogP contribution >= 0.6 is 0 Å². The maximum atomic E-state index is 12.4. The standard InChI is InChI=1S/C16H23N5O3/c1-20(2)14-17-7-5-12(19-14)8-18-15(24)21-9-11-4-3-6-16(11,10-21)13(22)23/h5,7,11H,3-4,6,8-10H2,1-2H3,(H,18,24)(H,22,23)/t11-,16+/m0/s1. The number of carboxylic acids is 1. The van der Waals surface area contributed by atoms with Crippen molar-refractivity contribution in [2.45, 2.75) is 25.8 Å². The molecule has 0 aromatic carbocycles. The average molecular weight is 333 g/mol. The van der Waals surface area contributed by atoms with Crippen LogP contribution in [0.25, 0.3) is 0 Å². The number of carbonyl (C=O) groups excluding carboxylic acids is 1. The quantitative estimate of drug-likeness (QED) is 0.851. The minimum atomic E-state index is -0.772. The van der Waals surface area contributed by atoms with Gasteiger partial charge in [-0.1, -0.05) is 6.42 Å². The van der Waals surface area contributed by atoms with E-state index in [9.17, 15) is 14.7 Å². The molecular formula is C16H23N5O3. The molecule has 2 amide bonds. The Morgan fingerprint density at radius 1 is 1.50 bits per heavy atom. The summed E-state index contributed by atoms with van der Waals surface area (Å²) >= 11 is 0. The Morgan fingerprint density at radius 3 is 2.96 bits per heavy atom. The fourth-order valence-corrected chi connectivity index (χ4v) is 3.77. The molecular weight excluding hydrogens is 310 g/mol. The third-order valence-corrected chi connectivity index (χ3v) is 5.11. The second-order valence-corrected chi connectivity index (χ2v) is 6.83. The number of urea groups is 1. The molecule has 0 bridgehead atoms. The second-order valence-electron chi connectivity index (χ2n) is 6.83. The third-order valence-electron chi connectivity index (χ3n) is 5.11. The van der Waals surface area contributed by atoms with Gasteiger partial charge in [-0.05, 0) is 24.8 Å². The highest BCUT2D eigenvalue weighted by Gasteiger charge is 2.55. The van der Waals surface area contributed by atoms with E-state index >= 15 is 0 Å². The van der Waals surface area contributed by atoms with Crippen LogP contribution in [-0.2, 0) is 11.3 Å². The van der Waals surface area contributed by atoms with Crippen molar-refractivity contribution < 1.29 is 14.7 Å². The molecule has 0 spiro atoms. The van der Waals surface area contributed by atoms with Crippen LogP contribution in [0.4, 0.5) is 10.7 Å². The van der Waals surface area contributed by atoms with E-state index in [1.807, 2.05) is 14.1 Å². The van der Waals surface area contributed by atoms with Crippen molar-refractivity contribution in [3.05, 3.63) is 18.0 Å². The summed E-state index contributed by atoms with van der Waals surface area (Å²) in [5, 5.41) is 12.4. The third kappa shape index (κ3) is 2.88. The van der Waals surface area contributed by atoms with Crippen molar-refractivity contribution in [3.63, 3.8) is 0 Å².